The summed E-state index contributed by atoms with van der Waals surface area (Å²) in [4.78, 5) is 15.9. The van der Waals surface area contributed by atoms with E-state index in [9.17, 15) is 0 Å². The van der Waals surface area contributed by atoms with Gasteiger partial charge in [0.05, 0.1) is 16.7 Å². The lowest BCUT2D eigenvalue weighted by Gasteiger charge is -2.13. The zero-order valence-electron chi connectivity index (χ0n) is 32.6. The summed E-state index contributed by atoms with van der Waals surface area (Å²) in [7, 11) is 0. The molecule has 0 spiro atoms. The Morgan fingerprint density at radius 1 is 0.361 bits per heavy atom. The number of hydrogen-bond acceptors (Lipinski definition) is 5. The molecule has 0 aliphatic rings. The van der Waals surface area contributed by atoms with Crippen LogP contribution in [-0.4, -0.2) is 19.5 Å². The molecule has 0 unspecified atom stereocenters. The number of hydrogen-bond donors (Lipinski definition) is 0. The van der Waals surface area contributed by atoms with E-state index in [0.29, 0.717) is 17.5 Å². The number of nitrogens with zero attached hydrogens (tertiary/aromatic N) is 4. The Morgan fingerprint density at radius 3 is 1.85 bits per heavy atom. The second-order valence-electron chi connectivity index (χ2n) is 15.6. The van der Waals surface area contributed by atoms with Crippen molar-refractivity contribution in [2.45, 2.75) is 0 Å². The second kappa shape index (κ2) is 13.3. The predicted molar refractivity (Wildman–Crippen MR) is 254 cm³/mol. The summed E-state index contributed by atoms with van der Waals surface area (Å²) in [5.74, 6) is 1.81. The van der Waals surface area contributed by atoms with Gasteiger partial charge in [-0.1, -0.05) is 140 Å². The molecule has 9 aromatic carbocycles. The molecule has 0 saturated heterocycles. The van der Waals surface area contributed by atoms with Crippen molar-refractivity contribution in [2.75, 3.05) is 0 Å². The van der Waals surface area contributed by atoms with Crippen LogP contribution in [0.3, 0.4) is 0 Å². The standard InChI is InChI=1S/C55H32N4OS/c1-2-13-33(14-3-1)34-17-12-18-37(27-34)53-56-54(38-25-26-43-42-21-8-11-24-50(42)61-51(43)32-38)58-55(57-53)39-29-45-41-20-7-10-23-49(41)60-52(45)48(31-39)59-46-22-9-6-19-40(46)44-28-35-15-4-5-16-36(35)30-47(44)59/h1-32H. The molecular formula is C55H32N4OS. The molecule has 0 aliphatic heterocycles. The minimum Gasteiger partial charge on any atom is -0.454 e. The van der Waals surface area contributed by atoms with Gasteiger partial charge in [0.1, 0.15) is 5.58 Å². The minimum atomic E-state index is 0.584. The smallest absolute Gasteiger partial charge is 0.164 e. The van der Waals surface area contributed by atoms with E-state index in [1.54, 1.807) is 11.3 Å². The fourth-order valence-corrected chi connectivity index (χ4v) is 10.3. The summed E-state index contributed by atoms with van der Waals surface area (Å²) in [6, 6.07) is 68.6. The molecule has 6 heteroatoms. The maximum Gasteiger partial charge on any atom is 0.164 e. The molecule has 61 heavy (non-hydrogen) atoms. The third-order valence-electron chi connectivity index (χ3n) is 12.0. The van der Waals surface area contributed by atoms with Gasteiger partial charge in [-0.3, -0.25) is 0 Å². The quantitative estimate of drug-likeness (QED) is 0.174. The fraction of sp³-hybridized carbons (Fsp3) is 0. The van der Waals surface area contributed by atoms with E-state index in [4.69, 9.17) is 19.4 Å². The Kier molecular flexibility index (Phi) is 7.41. The van der Waals surface area contributed by atoms with Crippen LogP contribution in [0.25, 0.3) is 126 Å². The lowest BCUT2D eigenvalue weighted by molar-refractivity contribution is 0.666. The fourth-order valence-electron chi connectivity index (χ4n) is 9.12. The predicted octanol–water partition coefficient (Wildman–Crippen LogP) is 15.1. The molecule has 13 aromatic rings. The van der Waals surface area contributed by atoms with E-state index in [-0.39, 0.29) is 0 Å². The first-order valence-corrected chi connectivity index (χ1v) is 21.2. The van der Waals surface area contributed by atoms with Crippen molar-refractivity contribution >= 4 is 86.0 Å². The van der Waals surface area contributed by atoms with Crippen LogP contribution in [0.5, 0.6) is 0 Å². The maximum atomic E-state index is 6.82. The van der Waals surface area contributed by atoms with Crippen LogP contribution in [0.2, 0.25) is 0 Å². The normalized spacial score (nSPS) is 11.9. The van der Waals surface area contributed by atoms with Crippen LogP contribution >= 0.6 is 11.3 Å². The number of thiophene rings is 1. The lowest BCUT2D eigenvalue weighted by atomic mass is 10.0. The summed E-state index contributed by atoms with van der Waals surface area (Å²) < 4.78 is 11.6. The van der Waals surface area contributed by atoms with Crippen molar-refractivity contribution < 1.29 is 4.42 Å². The highest BCUT2D eigenvalue weighted by Gasteiger charge is 2.22. The molecule has 0 radical (unpaired) electrons. The third kappa shape index (κ3) is 5.43. The highest BCUT2D eigenvalue weighted by Crippen LogP contribution is 2.42. The number of rotatable bonds is 5. The highest BCUT2D eigenvalue weighted by atomic mass is 32.1. The molecule has 5 nitrogen and oxygen atoms in total. The van der Waals surface area contributed by atoms with Gasteiger partial charge in [-0.2, -0.15) is 0 Å². The van der Waals surface area contributed by atoms with Gasteiger partial charge in [0.15, 0.2) is 23.1 Å². The summed E-state index contributed by atoms with van der Waals surface area (Å²) in [5, 5.41) is 9.27. The van der Waals surface area contributed by atoms with Gasteiger partial charge >= 0.3 is 0 Å². The summed E-state index contributed by atoms with van der Waals surface area (Å²) in [6.45, 7) is 0. The molecule has 0 amide bonds. The number of furan rings is 1. The SMILES string of the molecule is c1ccc(-c2cccc(-c3nc(-c4ccc5c(c4)sc4ccccc45)nc(-c4cc(-n5c6ccccc6c6cc7ccccc7cc65)c5oc6ccccc6c5c4)n3)c2)cc1. The van der Waals surface area contributed by atoms with Crippen LogP contribution in [0.1, 0.15) is 0 Å². The van der Waals surface area contributed by atoms with E-state index in [0.717, 1.165) is 66.5 Å². The Hall–Kier alpha value is -7.93. The molecule has 13 rings (SSSR count). The van der Waals surface area contributed by atoms with Crippen molar-refractivity contribution in [3.8, 4) is 51.0 Å². The topological polar surface area (TPSA) is 56.7 Å². The highest BCUT2D eigenvalue weighted by molar-refractivity contribution is 7.25. The first kappa shape index (κ1) is 34.0. The van der Waals surface area contributed by atoms with E-state index in [1.807, 2.05) is 18.2 Å². The first-order chi connectivity index (χ1) is 30.2. The van der Waals surface area contributed by atoms with E-state index >= 15 is 0 Å². The average molecular weight is 797 g/mol. The Balaban J connectivity index is 1.09. The van der Waals surface area contributed by atoms with Crippen LogP contribution < -0.4 is 0 Å². The lowest BCUT2D eigenvalue weighted by Crippen LogP contribution is -2.01. The molecule has 0 fully saturated rings. The molecule has 0 N–H and O–H groups in total. The molecular weight excluding hydrogens is 765 g/mol. The molecule has 0 aliphatic carbocycles. The van der Waals surface area contributed by atoms with E-state index in [2.05, 4.69) is 180 Å². The zero-order valence-corrected chi connectivity index (χ0v) is 33.4. The van der Waals surface area contributed by atoms with Crippen molar-refractivity contribution in [2.24, 2.45) is 0 Å². The molecule has 0 saturated carbocycles. The Labute approximate surface area is 353 Å². The largest absolute Gasteiger partial charge is 0.454 e. The van der Waals surface area contributed by atoms with Crippen LogP contribution in [-0.2, 0) is 0 Å². The third-order valence-corrected chi connectivity index (χ3v) is 13.1. The summed E-state index contributed by atoms with van der Waals surface area (Å²) in [5.41, 5.74) is 9.71. The monoisotopic (exact) mass is 796 g/mol. The molecule has 4 aromatic heterocycles. The summed E-state index contributed by atoms with van der Waals surface area (Å²) >= 11 is 1.79. The number of aromatic nitrogens is 4. The first-order valence-electron chi connectivity index (χ1n) is 20.4. The Bertz CT molecular complexity index is 3900. The van der Waals surface area contributed by atoms with Crippen LogP contribution in [0.4, 0.5) is 0 Å². The van der Waals surface area contributed by atoms with Crippen molar-refractivity contribution in [1.82, 2.24) is 19.5 Å². The van der Waals surface area contributed by atoms with Crippen LogP contribution in [0, 0.1) is 0 Å². The van der Waals surface area contributed by atoms with Gasteiger partial charge in [-0.05, 0) is 76.5 Å². The number of para-hydroxylation sites is 2. The number of benzene rings is 9. The molecule has 284 valence electrons. The number of fused-ring (bicyclic) bond motifs is 10. The van der Waals surface area contributed by atoms with Gasteiger partial charge in [0.25, 0.3) is 0 Å². The van der Waals surface area contributed by atoms with Crippen molar-refractivity contribution in [3.05, 3.63) is 194 Å². The molecule has 0 bridgehead atoms. The van der Waals surface area contributed by atoms with Crippen molar-refractivity contribution in [1.29, 1.82) is 0 Å². The van der Waals surface area contributed by atoms with Gasteiger partial charge < -0.3 is 8.98 Å². The zero-order chi connectivity index (χ0) is 40.0. The van der Waals surface area contributed by atoms with Gasteiger partial charge in [-0.15, -0.1) is 11.3 Å². The van der Waals surface area contributed by atoms with Gasteiger partial charge in [0.2, 0.25) is 0 Å². The molecule has 4 heterocycles. The van der Waals surface area contributed by atoms with Crippen molar-refractivity contribution in [3.63, 3.8) is 0 Å². The minimum absolute atomic E-state index is 0.584. The average Bonchev–Trinajstić information content (AvgIpc) is 4.00. The van der Waals surface area contributed by atoms with Gasteiger partial charge in [-0.25, -0.2) is 15.0 Å². The second-order valence-corrected chi connectivity index (χ2v) is 16.7. The molecule has 0 atom stereocenters. The van der Waals surface area contributed by atoms with Gasteiger partial charge in [0, 0.05) is 58.4 Å². The Morgan fingerprint density at radius 2 is 1.00 bits per heavy atom. The summed E-state index contributed by atoms with van der Waals surface area (Å²) in [6.07, 6.45) is 0. The maximum absolute atomic E-state index is 6.82. The van der Waals surface area contributed by atoms with E-state index in [1.165, 1.54) is 41.7 Å². The van der Waals surface area contributed by atoms with E-state index < -0.39 is 0 Å². The van der Waals surface area contributed by atoms with Crippen LogP contribution in [0.15, 0.2) is 199 Å².